The lowest BCUT2D eigenvalue weighted by atomic mass is 10.1. The van der Waals surface area contributed by atoms with Gasteiger partial charge in [0.1, 0.15) is 0 Å². The van der Waals surface area contributed by atoms with Gasteiger partial charge in [0.25, 0.3) is 5.91 Å². The van der Waals surface area contributed by atoms with Gasteiger partial charge in [-0.15, -0.1) is 0 Å². The largest absolute Gasteiger partial charge is 0.337 e. The van der Waals surface area contributed by atoms with Crippen LogP contribution in [0.15, 0.2) is 24.3 Å². The highest BCUT2D eigenvalue weighted by Gasteiger charge is 2.35. The molecule has 2 atom stereocenters. The zero-order valence-electron chi connectivity index (χ0n) is 14.9. The van der Waals surface area contributed by atoms with Crippen molar-refractivity contribution in [3.63, 3.8) is 0 Å². The highest BCUT2D eigenvalue weighted by Crippen LogP contribution is 2.23. The Morgan fingerprint density at radius 3 is 2.56 bits per heavy atom. The molecule has 25 heavy (non-hydrogen) atoms. The number of nitrogens with one attached hydrogen (secondary N) is 1. The predicted octanol–water partition coefficient (Wildman–Crippen LogP) is 0.761. The first kappa shape index (κ1) is 17.4. The van der Waals surface area contributed by atoms with Crippen molar-refractivity contribution in [1.82, 2.24) is 20.0 Å². The second-order valence-corrected chi connectivity index (χ2v) is 7.01. The van der Waals surface area contributed by atoms with Gasteiger partial charge in [-0.25, -0.2) is 4.79 Å². The molecule has 2 unspecified atom stereocenters. The molecule has 2 aliphatic heterocycles. The van der Waals surface area contributed by atoms with E-state index in [0.717, 1.165) is 4.90 Å². The second kappa shape index (κ2) is 6.84. The third kappa shape index (κ3) is 3.37. The molecule has 0 aromatic heterocycles. The van der Waals surface area contributed by atoms with E-state index in [9.17, 15) is 14.4 Å². The summed E-state index contributed by atoms with van der Waals surface area (Å²) in [6.07, 6.45) is 0. The first-order chi connectivity index (χ1) is 11.9. The zero-order chi connectivity index (χ0) is 18.1. The number of nitrogens with zero attached hydrogens (tertiary/aromatic N) is 3. The number of urea groups is 1. The normalized spacial score (nSPS) is 23.5. The van der Waals surface area contributed by atoms with Crippen LogP contribution >= 0.6 is 0 Å². The van der Waals surface area contributed by atoms with E-state index < -0.39 is 6.03 Å². The molecule has 1 aromatic rings. The first-order valence-electron chi connectivity index (χ1n) is 8.50. The summed E-state index contributed by atoms with van der Waals surface area (Å²) in [7, 11) is 4.06. The molecule has 0 bridgehead atoms. The molecule has 1 aromatic carbocycles. The first-order valence-corrected chi connectivity index (χ1v) is 8.50. The van der Waals surface area contributed by atoms with Gasteiger partial charge in [0.15, 0.2) is 0 Å². The van der Waals surface area contributed by atoms with E-state index in [0.29, 0.717) is 36.2 Å². The Morgan fingerprint density at radius 1 is 1.24 bits per heavy atom. The maximum absolute atomic E-state index is 13.0. The van der Waals surface area contributed by atoms with Crippen molar-refractivity contribution in [2.45, 2.75) is 19.5 Å². The van der Waals surface area contributed by atoms with Crippen LogP contribution in [0.1, 0.15) is 22.8 Å². The summed E-state index contributed by atoms with van der Waals surface area (Å²) in [6.45, 7) is 3.68. The minimum absolute atomic E-state index is 0.0170. The lowest BCUT2D eigenvalue weighted by Crippen LogP contribution is -2.36. The van der Waals surface area contributed by atoms with Crippen LogP contribution in [-0.4, -0.2) is 72.3 Å². The molecule has 0 saturated carbocycles. The third-order valence-corrected chi connectivity index (χ3v) is 5.04. The SMILES string of the molecule is CC1CN(C(=O)c2ccccc2CN2C(=O)CNC2=O)CC1N(C)C. The van der Waals surface area contributed by atoms with Gasteiger partial charge < -0.3 is 15.1 Å². The lowest BCUT2D eigenvalue weighted by Gasteiger charge is -2.23. The van der Waals surface area contributed by atoms with Crippen molar-refractivity contribution in [1.29, 1.82) is 0 Å². The molecule has 0 radical (unpaired) electrons. The van der Waals surface area contributed by atoms with Crippen LogP contribution in [0.25, 0.3) is 0 Å². The summed E-state index contributed by atoms with van der Waals surface area (Å²) >= 11 is 0. The van der Waals surface area contributed by atoms with Gasteiger partial charge in [0.2, 0.25) is 5.91 Å². The van der Waals surface area contributed by atoms with Crippen molar-refractivity contribution >= 4 is 17.8 Å². The van der Waals surface area contributed by atoms with Crippen LogP contribution in [0.2, 0.25) is 0 Å². The molecule has 7 heteroatoms. The Morgan fingerprint density at radius 2 is 1.96 bits per heavy atom. The van der Waals surface area contributed by atoms with Gasteiger partial charge in [-0.2, -0.15) is 0 Å². The maximum Gasteiger partial charge on any atom is 0.324 e. The fourth-order valence-corrected chi connectivity index (χ4v) is 3.61. The van der Waals surface area contributed by atoms with E-state index in [1.54, 1.807) is 12.1 Å². The second-order valence-electron chi connectivity index (χ2n) is 7.01. The van der Waals surface area contributed by atoms with Crippen LogP contribution in [-0.2, 0) is 11.3 Å². The van der Waals surface area contributed by atoms with Gasteiger partial charge in [-0.05, 0) is 31.6 Å². The number of carbonyl (C=O) groups excluding carboxylic acids is 3. The van der Waals surface area contributed by atoms with E-state index in [1.807, 2.05) is 31.1 Å². The van der Waals surface area contributed by atoms with Crippen LogP contribution < -0.4 is 5.32 Å². The smallest absolute Gasteiger partial charge is 0.324 e. The maximum atomic E-state index is 13.0. The number of likely N-dealkylation sites (N-methyl/N-ethyl adjacent to an activating group) is 1. The van der Waals surface area contributed by atoms with Crippen molar-refractivity contribution < 1.29 is 14.4 Å². The van der Waals surface area contributed by atoms with Crippen molar-refractivity contribution in [2.24, 2.45) is 5.92 Å². The molecule has 134 valence electrons. The minimum atomic E-state index is -0.408. The Hall–Kier alpha value is -2.41. The molecule has 2 heterocycles. The third-order valence-electron chi connectivity index (χ3n) is 5.04. The van der Waals surface area contributed by atoms with Crippen molar-refractivity contribution in [2.75, 3.05) is 33.7 Å². The Labute approximate surface area is 147 Å². The summed E-state index contributed by atoms with van der Waals surface area (Å²) in [6, 6.07) is 7.13. The lowest BCUT2D eigenvalue weighted by molar-refractivity contribution is -0.125. The molecule has 1 N–H and O–H groups in total. The number of benzene rings is 1. The van der Waals surface area contributed by atoms with Crippen LogP contribution in [0.4, 0.5) is 4.79 Å². The number of likely N-dealkylation sites (tertiary alicyclic amines) is 1. The summed E-state index contributed by atoms with van der Waals surface area (Å²) in [5, 5.41) is 2.50. The highest BCUT2D eigenvalue weighted by atomic mass is 16.2. The fraction of sp³-hybridized carbons (Fsp3) is 0.500. The number of carbonyl (C=O) groups is 3. The van der Waals surface area contributed by atoms with E-state index in [2.05, 4.69) is 17.1 Å². The molecule has 2 aliphatic rings. The predicted molar refractivity (Wildman–Crippen MR) is 92.9 cm³/mol. The van der Waals surface area contributed by atoms with E-state index in [-0.39, 0.29) is 24.9 Å². The summed E-state index contributed by atoms with van der Waals surface area (Å²) in [5.41, 5.74) is 1.25. The van der Waals surface area contributed by atoms with E-state index >= 15 is 0 Å². The number of imide groups is 1. The minimum Gasteiger partial charge on any atom is -0.337 e. The molecule has 0 aliphatic carbocycles. The summed E-state index contributed by atoms with van der Waals surface area (Å²) in [5.74, 6) is 0.0885. The number of hydrogen-bond acceptors (Lipinski definition) is 4. The molecule has 7 nitrogen and oxygen atoms in total. The molecular formula is C18H24N4O3. The Bertz CT molecular complexity index is 687. The summed E-state index contributed by atoms with van der Waals surface area (Å²) < 4.78 is 0. The zero-order valence-corrected chi connectivity index (χ0v) is 14.9. The molecule has 0 spiro atoms. The Balaban J connectivity index is 1.80. The van der Waals surface area contributed by atoms with Gasteiger partial charge in [-0.3, -0.25) is 14.5 Å². The molecule has 2 saturated heterocycles. The van der Waals surface area contributed by atoms with E-state index in [4.69, 9.17) is 0 Å². The number of amides is 4. The van der Waals surface area contributed by atoms with Crippen molar-refractivity contribution in [3.8, 4) is 0 Å². The molecule has 2 fully saturated rings. The highest BCUT2D eigenvalue weighted by molar-refractivity contribution is 6.02. The molecule has 3 rings (SSSR count). The topological polar surface area (TPSA) is 73.0 Å². The average Bonchev–Trinajstić information content (AvgIpc) is 3.12. The van der Waals surface area contributed by atoms with Crippen LogP contribution in [0.5, 0.6) is 0 Å². The van der Waals surface area contributed by atoms with Crippen molar-refractivity contribution in [3.05, 3.63) is 35.4 Å². The van der Waals surface area contributed by atoms with E-state index in [1.165, 1.54) is 0 Å². The standard InChI is InChI=1S/C18H24N4O3/c1-12-9-21(11-15(12)20(2)3)17(24)14-7-5-4-6-13(14)10-22-16(23)8-19-18(22)25/h4-7,12,15H,8-11H2,1-3H3,(H,19,25). The van der Waals surface area contributed by atoms with Crippen LogP contribution in [0, 0.1) is 5.92 Å². The van der Waals surface area contributed by atoms with Gasteiger partial charge in [-0.1, -0.05) is 25.1 Å². The summed E-state index contributed by atoms with van der Waals surface area (Å²) in [4.78, 5) is 41.8. The number of rotatable bonds is 4. The number of hydrogen-bond donors (Lipinski definition) is 1. The fourth-order valence-electron chi connectivity index (χ4n) is 3.61. The monoisotopic (exact) mass is 344 g/mol. The quantitative estimate of drug-likeness (QED) is 0.819. The Kier molecular flexibility index (Phi) is 4.76. The average molecular weight is 344 g/mol. The van der Waals surface area contributed by atoms with Crippen LogP contribution in [0.3, 0.4) is 0 Å². The van der Waals surface area contributed by atoms with Gasteiger partial charge >= 0.3 is 6.03 Å². The van der Waals surface area contributed by atoms with Gasteiger partial charge in [0, 0.05) is 24.7 Å². The molecular weight excluding hydrogens is 320 g/mol. The van der Waals surface area contributed by atoms with Gasteiger partial charge in [0.05, 0.1) is 13.1 Å². The molecule has 4 amide bonds.